The number of fused-ring (bicyclic) bond motifs is 1. The fourth-order valence-corrected chi connectivity index (χ4v) is 2.40. The number of nitrogens with one attached hydrogen (secondary N) is 1. The van der Waals surface area contributed by atoms with E-state index in [1.54, 1.807) is 0 Å². The molecule has 0 atom stereocenters. The summed E-state index contributed by atoms with van der Waals surface area (Å²) in [6.07, 6.45) is 5.88. The number of aromatic nitrogens is 2. The van der Waals surface area contributed by atoms with Crippen LogP contribution >= 0.6 is 0 Å². The molecule has 1 aromatic carbocycles. The van der Waals surface area contributed by atoms with Crippen molar-refractivity contribution in [2.24, 2.45) is 5.41 Å². The summed E-state index contributed by atoms with van der Waals surface area (Å²) in [6.45, 7) is 4.66. The molecular weight excluding hydrogens is 208 g/mol. The summed E-state index contributed by atoms with van der Waals surface area (Å²) >= 11 is 0. The van der Waals surface area contributed by atoms with Gasteiger partial charge in [0.2, 0.25) is 0 Å². The fraction of sp³-hybridized carbons (Fsp3) is 0.400. The van der Waals surface area contributed by atoms with E-state index in [0.717, 1.165) is 29.7 Å². The molecule has 2 heteroatoms. The highest BCUT2D eigenvalue weighted by atomic mass is 14.9. The molecule has 1 aliphatic rings. The molecular formula is C15H18N2. The number of aromatic amines is 1. The highest BCUT2D eigenvalue weighted by Gasteiger charge is 2.22. The number of hydrogen-bond donors (Lipinski definition) is 1. The van der Waals surface area contributed by atoms with Gasteiger partial charge >= 0.3 is 0 Å². The first-order valence-corrected chi connectivity index (χ1v) is 6.28. The van der Waals surface area contributed by atoms with E-state index in [1.807, 2.05) is 12.1 Å². The molecule has 0 unspecified atom stereocenters. The zero-order valence-electron chi connectivity index (χ0n) is 10.5. The Labute approximate surface area is 102 Å². The molecule has 88 valence electrons. The van der Waals surface area contributed by atoms with E-state index >= 15 is 0 Å². The van der Waals surface area contributed by atoms with Gasteiger partial charge in [-0.25, -0.2) is 4.98 Å². The maximum atomic E-state index is 4.66. The molecule has 2 aromatic rings. The molecule has 0 spiro atoms. The first-order chi connectivity index (χ1) is 8.14. The van der Waals surface area contributed by atoms with Crippen LogP contribution in [0.3, 0.4) is 0 Å². The minimum absolute atomic E-state index is 0.454. The monoisotopic (exact) mass is 226 g/mol. The molecule has 17 heavy (non-hydrogen) atoms. The zero-order valence-corrected chi connectivity index (χ0v) is 10.5. The van der Waals surface area contributed by atoms with Gasteiger partial charge in [0.15, 0.2) is 0 Å². The van der Waals surface area contributed by atoms with Crippen molar-refractivity contribution in [3.05, 3.63) is 36.2 Å². The molecule has 0 saturated heterocycles. The van der Waals surface area contributed by atoms with Gasteiger partial charge in [-0.15, -0.1) is 0 Å². The highest BCUT2D eigenvalue weighted by molar-refractivity contribution is 5.78. The van der Waals surface area contributed by atoms with Crippen molar-refractivity contribution in [1.29, 1.82) is 0 Å². The van der Waals surface area contributed by atoms with Crippen molar-refractivity contribution in [2.45, 2.75) is 33.1 Å². The minimum Gasteiger partial charge on any atom is -0.338 e. The molecule has 0 saturated carbocycles. The first kappa shape index (κ1) is 10.6. The largest absolute Gasteiger partial charge is 0.338 e. The van der Waals surface area contributed by atoms with Crippen molar-refractivity contribution in [3.63, 3.8) is 0 Å². The lowest BCUT2D eigenvalue weighted by atomic mass is 9.78. The van der Waals surface area contributed by atoms with Gasteiger partial charge in [0.05, 0.1) is 11.0 Å². The van der Waals surface area contributed by atoms with Crippen molar-refractivity contribution in [2.75, 3.05) is 0 Å². The first-order valence-electron chi connectivity index (χ1n) is 6.28. The van der Waals surface area contributed by atoms with Gasteiger partial charge < -0.3 is 4.98 Å². The van der Waals surface area contributed by atoms with Crippen LogP contribution in [-0.4, -0.2) is 9.97 Å². The van der Waals surface area contributed by atoms with Crippen molar-refractivity contribution in [3.8, 4) is 0 Å². The predicted molar refractivity (Wildman–Crippen MR) is 71.7 cm³/mol. The average molecular weight is 226 g/mol. The van der Waals surface area contributed by atoms with Crippen molar-refractivity contribution < 1.29 is 0 Å². The quantitative estimate of drug-likeness (QED) is 0.777. The normalized spacial score (nSPS) is 19.3. The SMILES string of the molecule is CC1(C)CC=C(c2nc3ccccc3[nH]2)CC1. The average Bonchev–Trinajstić information content (AvgIpc) is 2.72. The van der Waals surface area contributed by atoms with Gasteiger partial charge in [0.25, 0.3) is 0 Å². The van der Waals surface area contributed by atoms with Gasteiger partial charge in [-0.1, -0.05) is 32.1 Å². The van der Waals surface area contributed by atoms with E-state index in [-0.39, 0.29) is 0 Å². The maximum absolute atomic E-state index is 4.66. The van der Waals surface area contributed by atoms with Crippen molar-refractivity contribution >= 4 is 16.6 Å². The summed E-state index contributed by atoms with van der Waals surface area (Å²) in [4.78, 5) is 8.07. The minimum atomic E-state index is 0.454. The number of rotatable bonds is 1. The Morgan fingerprint density at radius 3 is 2.76 bits per heavy atom. The van der Waals surface area contributed by atoms with Crippen LogP contribution in [0, 0.1) is 5.41 Å². The topological polar surface area (TPSA) is 28.7 Å². The Balaban J connectivity index is 1.97. The molecule has 0 bridgehead atoms. The Morgan fingerprint density at radius 1 is 1.24 bits per heavy atom. The molecule has 1 aliphatic carbocycles. The van der Waals surface area contributed by atoms with Gasteiger partial charge in [0.1, 0.15) is 5.82 Å². The number of H-pyrrole nitrogens is 1. The van der Waals surface area contributed by atoms with Crippen LogP contribution in [0.4, 0.5) is 0 Å². The van der Waals surface area contributed by atoms with Crippen LogP contribution in [0.1, 0.15) is 38.9 Å². The van der Waals surface area contributed by atoms with Crippen LogP contribution in [-0.2, 0) is 0 Å². The third-order valence-corrected chi connectivity index (χ3v) is 3.67. The summed E-state index contributed by atoms with van der Waals surface area (Å²) in [5, 5.41) is 0. The van der Waals surface area contributed by atoms with Gasteiger partial charge in [-0.05, 0) is 42.4 Å². The lowest BCUT2D eigenvalue weighted by molar-refractivity contribution is 0.334. The molecule has 1 N–H and O–H groups in total. The van der Waals surface area contributed by atoms with E-state index in [4.69, 9.17) is 0 Å². The summed E-state index contributed by atoms with van der Waals surface area (Å²) in [5.74, 6) is 1.06. The molecule has 0 aliphatic heterocycles. The number of nitrogens with zero attached hydrogens (tertiary/aromatic N) is 1. The zero-order chi connectivity index (χ0) is 11.9. The predicted octanol–water partition coefficient (Wildman–Crippen LogP) is 4.16. The van der Waals surface area contributed by atoms with E-state index < -0.39 is 0 Å². The van der Waals surface area contributed by atoms with Gasteiger partial charge in [-0.3, -0.25) is 0 Å². The van der Waals surface area contributed by atoms with E-state index in [0.29, 0.717) is 5.41 Å². The van der Waals surface area contributed by atoms with Crippen LogP contribution in [0.15, 0.2) is 30.3 Å². The molecule has 0 radical (unpaired) electrons. The van der Waals surface area contributed by atoms with Crippen LogP contribution in [0.2, 0.25) is 0 Å². The van der Waals surface area contributed by atoms with E-state index in [2.05, 4.69) is 42.0 Å². The fourth-order valence-electron chi connectivity index (χ4n) is 2.40. The third-order valence-electron chi connectivity index (χ3n) is 3.67. The second-order valence-corrected chi connectivity index (χ2v) is 5.70. The Morgan fingerprint density at radius 2 is 2.06 bits per heavy atom. The number of benzene rings is 1. The second kappa shape index (κ2) is 3.73. The Kier molecular flexibility index (Phi) is 2.32. The molecule has 0 amide bonds. The third kappa shape index (κ3) is 1.99. The second-order valence-electron chi connectivity index (χ2n) is 5.70. The lowest BCUT2D eigenvalue weighted by Gasteiger charge is -2.27. The molecule has 0 fully saturated rings. The molecule has 1 aromatic heterocycles. The standard InChI is InChI=1S/C15H18N2/c1-15(2)9-7-11(8-10-15)14-16-12-5-3-4-6-13(12)17-14/h3-7H,8-10H2,1-2H3,(H,16,17). The smallest absolute Gasteiger partial charge is 0.134 e. The number of para-hydroxylation sites is 2. The van der Waals surface area contributed by atoms with Crippen LogP contribution in [0.25, 0.3) is 16.6 Å². The van der Waals surface area contributed by atoms with Crippen LogP contribution < -0.4 is 0 Å². The molecule has 1 heterocycles. The Hall–Kier alpha value is -1.57. The number of allylic oxidation sites excluding steroid dienone is 2. The maximum Gasteiger partial charge on any atom is 0.134 e. The Bertz CT molecular complexity index is 542. The van der Waals surface area contributed by atoms with Crippen LogP contribution in [0.5, 0.6) is 0 Å². The summed E-state index contributed by atoms with van der Waals surface area (Å²) in [6, 6.07) is 8.22. The van der Waals surface area contributed by atoms with Gasteiger partial charge in [-0.2, -0.15) is 0 Å². The summed E-state index contributed by atoms with van der Waals surface area (Å²) in [5.41, 5.74) is 4.03. The highest BCUT2D eigenvalue weighted by Crippen LogP contribution is 2.37. The number of hydrogen-bond acceptors (Lipinski definition) is 1. The van der Waals surface area contributed by atoms with Crippen molar-refractivity contribution in [1.82, 2.24) is 9.97 Å². The van der Waals surface area contributed by atoms with E-state index in [1.165, 1.54) is 12.0 Å². The lowest BCUT2D eigenvalue weighted by Crippen LogP contribution is -2.14. The number of imidazole rings is 1. The molecule has 3 rings (SSSR count). The molecule has 2 nitrogen and oxygen atoms in total. The van der Waals surface area contributed by atoms with Gasteiger partial charge in [0, 0.05) is 0 Å². The summed E-state index contributed by atoms with van der Waals surface area (Å²) in [7, 11) is 0. The summed E-state index contributed by atoms with van der Waals surface area (Å²) < 4.78 is 0. The van der Waals surface area contributed by atoms with E-state index in [9.17, 15) is 0 Å².